The van der Waals surface area contributed by atoms with E-state index < -0.39 is 0 Å². The van der Waals surface area contributed by atoms with Crippen molar-refractivity contribution in [1.29, 1.82) is 0 Å². The first kappa shape index (κ1) is 19.1. The van der Waals surface area contributed by atoms with Crippen LogP contribution < -0.4 is 10.1 Å². The number of ether oxygens (including phenoxy) is 1. The van der Waals surface area contributed by atoms with Gasteiger partial charge in [0.05, 0.1) is 13.7 Å². The van der Waals surface area contributed by atoms with E-state index in [0.29, 0.717) is 19.5 Å². The van der Waals surface area contributed by atoms with Crippen LogP contribution in [0.1, 0.15) is 31.7 Å². The van der Waals surface area contributed by atoms with Gasteiger partial charge < -0.3 is 19.9 Å². The summed E-state index contributed by atoms with van der Waals surface area (Å²) in [5, 5.41) is 3.29. The van der Waals surface area contributed by atoms with Crippen LogP contribution in [0.5, 0.6) is 5.75 Å². The average Bonchev–Trinajstić information content (AvgIpc) is 3.16. The van der Waals surface area contributed by atoms with Gasteiger partial charge in [-0.05, 0) is 25.8 Å². The zero-order valence-electron chi connectivity index (χ0n) is 15.6. The molecule has 0 aliphatic carbocycles. The van der Waals surface area contributed by atoms with E-state index in [9.17, 15) is 4.79 Å². The molecule has 0 unspecified atom stereocenters. The number of carbonyl (C=O) groups is 1. The second-order valence-electron chi connectivity index (χ2n) is 6.24. The number of carbonyl (C=O) groups excluding carboxylic acids is 1. The highest BCUT2D eigenvalue weighted by Crippen LogP contribution is 2.18. The first-order valence-corrected chi connectivity index (χ1v) is 9.04. The molecular formula is C19H30N4O2. The first-order valence-electron chi connectivity index (χ1n) is 9.04. The van der Waals surface area contributed by atoms with E-state index in [2.05, 4.69) is 21.3 Å². The molecule has 0 saturated carbocycles. The molecule has 0 spiro atoms. The summed E-state index contributed by atoms with van der Waals surface area (Å²) in [6, 6.07) is 7.98. The quantitative estimate of drug-likeness (QED) is 0.607. The molecule has 2 rings (SSSR count). The van der Waals surface area contributed by atoms with Crippen molar-refractivity contribution in [2.45, 2.75) is 32.7 Å². The maximum atomic E-state index is 12.1. The lowest BCUT2D eigenvalue weighted by Gasteiger charge is -2.23. The predicted molar refractivity (Wildman–Crippen MR) is 101 cm³/mol. The fraction of sp³-hybridized carbons (Fsp3) is 0.579. The van der Waals surface area contributed by atoms with E-state index in [0.717, 1.165) is 49.7 Å². The topological polar surface area (TPSA) is 57.2 Å². The van der Waals surface area contributed by atoms with Gasteiger partial charge in [-0.3, -0.25) is 9.79 Å². The van der Waals surface area contributed by atoms with Gasteiger partial charge in [-0.15, -0.1) is 0 Å². The van der Waals surface area contributed by atoms with Gasteiger partial charge in [0, 0.05) is 45.2 Å². The molecule has 0 atom stereocenters. The highest BCUT2D eigenvalue weighted by atomic mass is 16.5. The Hall–Kier alpha value is -2.24. The van der Waals surface area contributed by atoms with Gasteiger partial charge in [-0.25, -0.2) is 0 Å². The number of benzene rings is 1. The van der Waals surface area contributed by atoms with Crippen molar-refractivity contribution in [3.8, 4) is 5.75 Å². The monoisotopic (exact) mass is 346 g/mol. The molecule has 1 fully saturated rings. The molecule has 138 valence electrons. The van der Waals surface area contributed by atoms with Gasteiger partial charge in [0.1, 0.15) is 5.75 Å². The van der Waals surface area contributed by atoms with Crippen LogP contribution in [0.3, 0.4) is 0 Å². The number of aliphatic imine (C=N–C) groups is 1. The molecule has 6 heteroatoms. The van der Waals surface area contributed by atoms with E-state index >= 15 is 0 Å². The van der Waals surface area contributed by atoms with Crippen LogP contribution >= 0.6 is 0 Å². The summed E-state index contributed by atoms with van der Waals surface area (Å²) in [5.41, 5.74) is 1.10. The van der Waals surface area contributed by atoms with Crippen molar-refractivity contribution < 1.29 is 9.53 Å². The van der Waals surface area contributed by atoms with Crippen LogP contribution in [-0.2, 0) is 11.3 Å². The third-order valence-corrected chi connectivity index (χ3v) is 4.34. The summed E-state index contributed by atoms with van der Waals surface area (Å²) in [7, 11) is 3.68. The molecule has 1 aromatic rings. The van der Waals surface area contributed by atoms with Crippen LogP contribution in [0.2, 0.25) is 0 Å². The number of amides is 1. The highest BCUT2D eigenvalue weighted by Gasteiger charge is 2.17. The Balaban J connectivity index is 1.94. The van der Waals surface area contributed by atoms with Gasteiger partial charge in [0.25, 0.3) is 0 Å². The maximum Gasteiger partial charge on any atom is 0.224 e. The third-order valence-electron chi connectivity index (χ3n) is 4.34. The molecule has 1 aliphatic rings. The van der Waals surface area contributed by atoms with E-state index in [1.54, 1.807) is 7.11 Å². The van der Waals surface area contributed by atoms with Gasteiger partial charge in [-0.1, -0.05) is 18.2 Å². The SMILES string of the molecule is CCNC(=NCCC(=O)N1CCCC1)N(C)Cc1ccccc1OC. The molecule has 0 radical (unpaired) electrons. The average molecular weight is 346 g/mol. The number of para-hydroxylation sites is 1. The molecular weight excluding hydrogens is 316 g/mol. The summed E-state index contributed by atoms with van der Waals surface area (Å²) in [6.45, 7) is 5.83. The molecule has 1 N–H and O–H groups in total. The molecule has 0 aromatic heterocycles. The Morgan fingerprint density at radius 3 is 2.72 bits per heavy atom. The highest BCUT2D eigenvalue weighted by molar-refractivity contribution is 5.81. The number of hydrogen-bond acceptors (Lipinski definition) is 3. The van der Waals surface area contributed by atoms with Crippen molar-refractivity contribution in [3.05, 3.63) is 29.8 Å². The summed E-state index contributed by atoms with van der Waals surface area (Å²) in [5.74, 6) is 1.89. The minimum atomic E-state index is 0.212. The number of likely N-dealkylation sites (tertiary alicyclic amines) is 1. The van der Waals surface area contributed by atoms with Crippen LogP contribution in [0.15, 0.2) is 29.3 Å². The maximum absolute atomic E-state index is 12.1. The normalized spacial score (nSPS) is 14.5. The van der Waals surface area contributed by atoms with Crippen LogP contribution in [0, 0.1) is 0 Å². The predicted octanol–water partition coefficient (Wildman–Crippen LogP) is 2.10. The number of nitrogens with one attached hydrogen (secondary N) is 1. The van der Waals surface area contributed by atoms with Gasteiger partial charge in [-0.2, -0.15) is 0 Å². The number of hydrogen-bond donors (Lipinski definition) is 1. The van der Waals surface area contributed by atoms with Crippen LogP contribution in [-0.4, -0.2) is 62.0 Å². The lowest BCUT2D eigenvalue weighted by atomic mass is 10.2. The lowest BCUT2D eigenvalue weighted by Crippen LogP contribution is -2.39. The van der Waals surface area contributed by atoms with Crippen molar-refractivity contribution in [3.63, 3.8) is 0 Å². The second-order valence-corrected chi connectivity index (χ2v) is 6.24. The standard InChI is InChI=1S/C19H30N4O2/c1-4-20-19(21-12-11-18(24)23-13-7-8-14-23)22(2)15-16-9-5-6-10-17(16)25-3/h5-6,9-10H,4,7-8,11-15H2,1-3H3,(H,20,21). The van der Waals surface area contributed by atoms with Crippen molar-refractivity contribution in [2.24, 2.45) is 4.99 Å². The number of methoxy groups -OCH3 is 1. The minimum Gasteiger partial charge on any atom is -0.496 e. The lowest BCUT2D eigenvalue weighted by molar-refractivity contribution is -0.129. The Kier molecular flexibility index (Phi) is 7.57. The molecule has 1 amide bonds. The minimum absolute atomic E-state index is 0.212. The van der Waals surface area contributed by atoms with Gasteiger partial charge >= 0.3 is 0 Å². The molecule has 1 aromatic carbocycles. The third kappa shape index (κ3) is 5.66. The Morgan fingerprint density at radius 2 is 2.04 bits per heavy atom. The Labute approximate surface area is 150 Å². The van der Waals surface area contributed by atoms with E-state index in [4.69, 9.17) is 4.74 Å². The van der Waals surface area contributed by atoms with Gasteiger partial charge in [0.15, 0.2) is 5.96 Å². The largest absolute Gasteiger partial charge is 0.496 e. The summed E-state index contributed by atoms with van der Waals surface area (Å²) in [4.78, 5) is 20.8. The van der Waals surface area contributed by atoms with Gasteiger partial charge in [0.2, 0.25) is 5.91 Å². The molecule has 0 bridgehead atoms. The number of guanidine groups is 1. The molecule has 1 heterocycles. The zero-order valence-corrected chi connectivity index (χ0v) is 15.6. The number of nitrogens with zero attached hydrogens (tertiary/aromatic N) is 3. The smallest absolute Gasteiger partial charge is 0.224 e. The molecule has 6 nitrogen and oxygen atoms in total. The van der Waals surface area contributed by atoms with Crippen LogP contribution in [0.25, 0.3) is 0 Å². The zero-order chi connectivity index (χ0) is 18.1. The van der Waals surface area contributed by atoms with E-state index in [-0.39, 0.29) is 5.91 Å². The number of rotatable bonds is 7. The molecule has 25 heavy (non-hydrogen) atoms. The van der Waals surface area contributed by atoms with Crippen molar-refractivity contribution >= 4 is 11.9 Å². The fourth-order valence-electron chi connectivity index (χ4n) is 3.02. The fourth-order valence-corrected chi connectivity index (χ4v) is 3.02. The molecule has 1 saturated heterocycles. The Bertz CT molecular complexity index is 583. The van der Waals surface area contributed by atoms with Crippen molar-refractivity contribution in [2.75, 3.05) is 40.3 Å². The van der Waals surface area contributed by atoms with E-state index in [1.807, 2.05) is 37.1 Å². The van der Waals surface area contributed by atoms with Crippen molar-refractivity contribution in [1.82, 2.24) is 15.1 Å². The molecule has 1 aliphatic heterocycles. The van der Waals surface area contributed by atoms with Crippen LogP contribution in [0.4, 0.5) is 0 Å². The Morgan fingerprint density at radius 1 is 1.32 bits per heavy atom. The summed E-state index contributed by atoms with van der Waals surface area (Å²) < 4.78 is 5.42. The first-order chi connectivity index (χ1) is 12.2. The summed E-state index contributed by atoms with van der Waals surface area (Å²) >= 11 is 0. The summed E-state index contributed by atoms with van der Waals surface area (Å²) in [6.07, 6.45) is 2.72. The van der Waals surface area contributed by atoms with E-state index in [1.165, 1.54) is 0 Å². The second kappa shape index (κ2) is 9.91.